The van der Waals surface area contributed by atoms with Gasteiger partial charge in [0, 0.05) is 39.4 Å². The summed E-state index contributed by atoms with van der Waals surface area (Å²) in [6.45, 7) is 2.99. The van der Waals surface area contributed by atoms with Crippen molar-refractivity contribution in [3.63, 3.8) is 0 Å². The number of anilines is 1. The first-order chi connectivity index (χ1) is 11.6. The van der Waals surface area contributed by atoms with Crippen molar-refractivity contribution in [3.8, 4) is 0 Å². The van der Waals surface area contributed by atoms with Gasteiger partial charge in [-0.1, -0.05) is 0 Å². The summed E-state index contributed by atoms with van der Waals surface area (Å²) in [6, 6.07) is 3.85. The maximum Gasteiger partial charge on any atom is 0.317 e. The second-order valence-corrected chi connectivity index (χ2v) is 7.01. The number of nitrogens with zero attached hydrogens (tertiary/aromatic N) is 3. The Morgan fingerprint density at radius 1 is 1.42 bits per heavy atom. The molecule has 6 heteroatoms. The molecule has 1 unspecified atom stereocenters. The number of hydrogen-bond acceptors (Lipinski definition) is 4. The monoisotopic (exact) mass is 332 g/mol. The van der Waals surface area contributed by atoms with Gasteiger partial charge in [0.25, 0.3) is 0 Å². The van der Waals surface area contributed by atoms with Crippen molar-refractivity contribution in [3.05, 3.63) is 23.9 Å². The summed E-state index contributed by atoms with van der Waals surface area (Å²) >= 11 is 0. The van der Waals surface area contributed by atoms with Crippen LogP contribution in [0.5, 0.6) is 0 Å². The molecular formula is C18H28N4O2. The van der Waals surface area contributed by atoms with E-state index in [4.69, 9.17) is 0 Å². The highest BCUT2D eigenvalue weighted by Crippen LogP contribution is 2.32. The van der Waals surface area contributed by atoms with E-state index >= 15 is 0 Å². The number of pyridine rings is 1. The minimum absolute atomic E-state index is 0.147. The number of hydrogen-bond donors (Lipinski definition) is 2. The number of nitrogens with one attached hydrogen (secondary N) is 1. The molecule has 2 aliphatic rings. The first-order valence-corrected chi connectivity index (χ1v) is 9.00. The third-order valence-corrected chi connectivity index (χ3v) is 4.91. The van der Waals surface area contributed by atoms with Gasteiger partial charge in [-0.3, -0.25) is 0 Å². The number of carbonyl (C=O) groups is 1. The van der Waals surface area contributed by atoms with Crippen LogP contribution in [-0.4, -0.2) is 53.8 Å². The van der Waals surface area contributed by atoms with Gasteiger partial charge in [0.05, 0.1) is 6.10 Å². The molecule has 0 bridgehead atoms. The van der Waals surface area contributed by atoms with Gasteiger partial charge in [-0.05, 0) is 55.7 Å². The molecule has 0 radical (unpaired) electrons. The van der Waals surface area contributed by atoms with E-state index in [1.165, 1.54) is 19.3 Å². The summed E-state index contributed by atoms with van der Waals surface area (Å²) in [6.07, 6.45) is 7.30. The molecule has 1 aliphatic carbocycles. The Hall–Kier alpha value is -1.82. The molecule has 1 aromatic heterocycles. The van der Waals surface area contributed by atoms with Gasteiger partial charge < -0.3 is 20.2 Å². The Bertz CT molecular complexity index is 556. The molecular weight excluding hydrogens is 304 g/mol. The Morgan fingerprint density at radius 2 is 2.17 bits per heavy atom. The second-order valence-electron chi connectivity index (χ2n) is 7.01. The van der Waals surface area contributed by atoms with Gasteiger partial charge in [-0.2, -0.15) is 0 Å². The van der Waals surface area contributed by atoms with E-state index in [1.54, 1.807) is 11.9 Å². The number of rotatable bonds is 6. The van der Waals surface area contributed by atoms with Crippen LogP contribution in [0.2, 0.25) is 0 Å². The molecule has 2 fully saturated rings. The van der Waals surface area contributed by atoms with Crippen molar-refractivity contribution >= 4 is 11.8 Å². The molecule has 0 aromatic carbocycles. The number of likely N-dealkylation sites (N-methyl/N-ethyl adjacent to an activating group) is 1. The molecule has 132 valence electrons. The molecule has 2 N–H and O–H groups in total. The lowest BCUT2D eigenvalue weighted by molar-refractivity contribution is 0.113. The smallest absolute Gasteiger partial charge is 0.317 e. The van der Waals surface area contributed by atoms with Crippen LogP contribution in [0.4, 0.5) is 10.6 Å². The van der Waals surface area contributed by atoms with Gasteiger partial charge in [0.15, 0.2) is 0 Å². The van der Waals surface area contributed by atoms with E-state index in [2.05, 4.69) is 21.3 Å². The summed E-state index contributed by atoms with van der Waals surface area (Å²) in [5.41, 5.74) is 1.05. The largest absolute Gasteiger partial charge is 0.391 e. The van der Waals surface area contributed by atoms with Crippen LogP contribution < -0.4 is 10.2 Å². The predicted octanol–water partition coefficient (Wildman–Crippen LogP) is 1.98. The SMILES string of the molecule is CN(CC(O)C1CC1)C(=O)NCc1ccnc(N2CCCCC2)c1. The zero-order chi connectivity index (χ0) is 16.9. The van der Waals surface area contributed by atoms with Crippen molar-refractivity contribution in [1.82, 2.24) is 15.2 Å². The lowest BCUT2D eigenvalue weighted by atomic mass is 10.1. The van der Waals surface area contributed by atoms with Gasteiger partial charge in [-0.15, -0.1) is 0 Å². The summed E-state index contributed by atoms with van der Waals surface area (Å²) in [5.74, 6) is 1.38. The van der Waals surface area contributed by atoms with Crippen molar-refractivity contribution in [2.24, 2.45) is 5.92 Å². The Labute approximate surface area is 143 Å². The normalized spacial score (nSPS) is 19.0. The highest BCUT2D eigenvalue weighted by atomic mass is 16.3. The van der Waals surface area contributed by atoms with Crippen LogP contribution >= 0.6 is 0 Å². The zero-order valence-electron chi connectivity index (χ0n) is 14.4. The average molecular weight is 332 g/mol. The first-order valence-electron chi connectivity index (χ1n) is 9.00. The van der Waals surface area contributed by atoms with Crippen molar-refractivity contribution < 1.29 is 9.90 Å². The van der Waals surface area contributed by atoms with Gasteiger partial charge >= 0.3 is 6.03 Å². The molecule has 24 heavy (non-hydrogen) atoms. The summed E-state index contributed by atoms with van der Waals surface area (Å²) in [7, 11) is 1.73. The molecule has 6 nitrogen and oxygen atoms in total. The van der Waals surface area contributed by atoms with Gasteiger partial charge in [-0.25, -0.2) is 9.78 Å². The fraction of sp³-hybridized carbons (Fsp3) is 0.667. The Morgan fingerprint density at radius 3 is 2.88 bits per heavy atom. The van der Waals surface area contributed by atoms with E-state index < -0.39 is 6.10 Å². The standard InChI is InChI=1S/C18H28N4O2/c1-21(13-16(23)15-5-6-15)18(24)20-12-14-7-8-19-17(11-14)22-9-3-2-4-10-22/h7-8,11,15-16,23H,2-6,9-10,12-13H2,1H3,(H,20,24). The number of aromatic nitrogens is 1. The maximum atomic E-state index is 12.2. The van der Waals surface area contributed by atoms with E-state index in [1.807, 2.05) is 12.3 Å². The number of piperidine rings is 1. The number of amides is 2. The summed E-state index contributed by atoms with van der Waals surface area (Å²) in [4.78, 5) is 20.5. The van der Waals surface area contributed by atoms with Crippen molar-refractivity contribution in [2.75, 3.05) is 31.6 Å². The molecule has 1 saturated heterocycles. The first kappa shape index (κ1) is 17.0. The average Bonchev–Trinajstić information content (AvgIpc) is 3.46. The van der Waals surface area contributed by atoms with Crippen LogP contribution in [0.1, 0.15) is 37.7 Å². The number of urea groups is 1. The van der Waals surface area contributed by atoms with E-state index in [9.17, 15) is 9.90 Å². The quantitative estimate of drug-likeness (QED) is 0.836. The third kappa shape index (κ3) is 4.60. The van der Waals surface area contributed by atoms with Crippen LogP contribution in [0, 0.1) is 5.92 Å². The summed E-state index contributed by atoms with van der Waals surface area (Å²) in [5, 5.41) is 12.9. The number of aliphatic hydroxyl groups is 1. The fourth-order valence-corrected chi connectivity index (χ4v) is 3.17. The molecule has 1 saturated carbocycles. The molecule has 1 aliphatic heterocycles. The van der Waals surface area contributed by atoms with Crippen LogP contribution in [0.25, 0.3) is 0 Å². The molecule has 1 aromatic rings. The van der Waals surface area contributed by atoms with Crippen LogP contribution in [-0.2, 0) is 6.54 Å². The van der Waals surface area contributed by atoms with Gasteiger partial charge in [0.1, 0.15) is 5.82 Å². The molecule has 3 rings (SSSR count). The lowest BCUT2D eigenvalue weighted by Crippen LogP contribution is -2.41. The Kier molecular flexibility index (Phi) is 5.56. The highest BCUT2D eigenvalue weighted by molar-refractivity contribution is 5.73. The molecule has 1 atom stereocenters. The molecule has 0 spiro atoms. The molecule has 2 amide bonds. The van der Waals surface area contributed by atoms with E-state index in [0.29, 0.717) is 19.0 Å². The highest BCUT2D eigenvalue weighted by Gasteiger charge is 2.31. The van der Waals surface area contributed by atoms with Gasteiger partial charge in [0.2, 0.25) is 0 Å². The van der Waals surface area contributed by atoms with E-state index in [-0.39, 0.29) is 6.03 Å². The minimum atomic E-state index is -0.396. The van der Waals surface area contributed by atoms with Crippen molar-refractivity contribution in [1.29, 1.82) is 0 Å². The lowest BCUT2D eigenvalue weighted by Gasteiger charge is -2.28. The Balaban J connectivity index is 1.49. The van der Waals surface area contributed by atoms with Crippen LogP contribution in [0.3, 0.4) is 0 Å². The van der Waals surface area contributed by atoms with E-state index in [0.717, 1.165) is 37.3 Å². The number of carbonyl (C=O) groups excluding carboxylic acids is 1. The predicted molar refractivity (Wildman–Crippen MR) is 93.9 cm³/mol. The topological polar surface area (TPSA) is 68.7 Å². The third-order valence-electron chi connectivity index (χ3n) is 4.91. The summed E-state index contributed by atoms with van der Waals surface area (Å²) < 4.78 is 0. The molecule has 2 heterocycles. The second kappa shape index (κ2) is 7.83. The minimum Gasteiger partial charge on any atom is -0.391 e. The maximum absolute atomic E-state index is 12.2. The fourth-order valence-electron chi connectivity index (χ4n) is 3.17. The number of aliphatic hydroxyl groups excluding tert-OH is 1. The van der Waals surface area contributed by atoms with Crippen LogP contribution in [0.15, 0.2) is 18.3 Å². The zero-order valence-corrected chi connectivity index (χ0v) is 14.4. The van der Waals surface area contributed by atoms with Crippen molar-refractivity contribution in [2.45, 2.75) is 44.8 Å².